The van der Waals surface area contributed by atoms with Gasteiger partial charge in [0.15, 0.2) is 0 Å². The van der Waals surface area contributed by atoms with Gasteiger partial charge >= 0.3 is 5.97 Å². The maximum absolute atomic E-state index is 13.2. The fourth-order valence-corrected chi connectivity index (χ4v) is 2.38. The van der Waals surface area contributed by atoms with Crippen LogP contribution in [-0.2, 0) is 9.53 Å². The highest BCUT2D eigenvalue weighted by Gasteiger charge is 2.59. The van der Waals surface area contributed by atoms with Crippen LogP contribution in [0.15, 0.2) is 0 Å². The number of hydrogen-bond donors (Lipinski definition) is 1. The summed E-state index contributed by atoms with van der Waals surface area (Å²) in [5.41, 5.74) is 0. The zero-order valence-electron chi connectivity index (χ0n) is 8.33. The van der Waals surface area contributed by atoms with Crippen LogP contribution in [0.2, 0.25) is 0 Å². The van der Waals surface area contributed by atoms with Crippen molar-refractivity contribution in [1.82, 2.24) is 5.32 Å². The highest BCUT2D eigenvalue weighted by molar-refractivity contribution is 5.85. The lowest BCUT2D eigenvalue weighted by molar-refractivity contribution is -0.153. The quantitative estimate of drug-likeness (QED) is 0.742. The fraction of sp³-hybridized carbons (Fsp3) is 0.889. The second-order valence-corrected chi connectivity index (χ2v) is 3.90. The lowest BCUT2D eigenvalue weighted by Crippen LogP contribution is -2.50. The molecule has 0 amide bonds. The minimum absolute atomic E-state index is 0. The van der Waals surface area contributed by atoms with Crippen molar-refractivity contribution in [1.29, 1.82) is 0 Å². The van der Waals surface area contributed by atoms with Crippen LogP contribution >= 0.6 is 12.4 Å². The first-order chi connectivity index (χ1) is 6.54. The van der Waals surface area contributed by atoms with Crippen LogP contribution in [-0.4, -0.2) is 30.6 Å². The van der Waals surface area contributed by atoms with E-state index >= 15 is 0 Å². The van der Waals surface area contributed by atoms with Crippen LogP contribution in [0.25, 0.3) is 0 Å². The Morgan fingerprint density at radius 2 is 2.27 bits per heavy atom. The van der Waals surface area contributed by atoms with Gasteiger partial charge in [-0.25, -0.2) is 8.78 Å². The molecule has 88 valence electrons. The summed E-state index contributed by atoms with van der Waals surface area (Å²) in [6, 6.07) is -1.02. The van der Waals surface area contributed by atoms with E-state index in [1.165, 1.54) is 0 Å². The molecular formula is C9H14ClF2NO2. The van der Waals surface area contributed by atoms with Crippen molar-refractivity contribution in [3.63, 3.8) is 0 Å². The molecule has 0 unspecified atom stereocenters. The maximum Gasteiger partial charge on any atom is 0.323 e. The van der Waals surface area contributed by atoms with Gasteiger partial charge in [0.25, 0.3) is 5.92 Å². The molecule has 2 bridgehead atoms. The molecule has 0 aromatic rings. The fourth-order valence-electron chi connectivity index (χ4n) is 2.38. The number of nitrogens with one attached hydrogen (secondary N) is 1. The van der Waals surface area contributed by atoms with Crippen molar-refractivity contribution in [3.8, 4) is 0 Å². The Morgan fingerprint density at radius 3 is 2.73 bits per heavy atom. The van der Waals surface area contributed by atoms with E-state index in [4.69, 9.17) is 4.74 Å². The molecule has 2 fully saturated rings. The monoisotopic (exact) mass is 241 g/mol. The van der Waals surface area contributed by atoms with Gasteiger partial charge in [0.1, 0.15) is 6.04 Å². The van der Waals surface area contributed by atoms with Crippen LogP contribution in [0.1, 0.15) is 19.8 Å². The Bertz CT molecular complexity index is 262. The van der Waals surface area contributed by atoms with E-state index in [1.807, 2.05) is 0 Å². The van der Waals surface area contributed by atoms with E-state index in [-0.39, 0.29) is 31.5 Å². The standard InChI is InChI=1S/C9H13F2NO2.ClH/c1-2-14-8(13)7-6-3-5(12-7)4-9(6,10)11;/h5-7,12H,2-4H2,1H3;1H/t5-,6+,7+;/m1./s1. The first-order valence-electron chi connectivity index (χ1n) is 4.85. The number of rotatable bonds is 2. The molecule has 2 rings (SSSR count). The van der Waals surface area contributed by atoms with Crippen molar-refractivity contribution in [2.24, 2.45) is 5.92 Å². The summed E-state index contributed by atoms with van der Waals surface area (Å²) in [4.78, 5) is 11.3. The molecule has 1 aliphatic heterocycles. The maximum atomic E-state index is 13.2. The average molecular weight is 242 g/mol. The Kier molecular flexibility index (Phi) is 3.55. The zero-order valence-corrected chi connectivity index (χ0v) is 9.15. The smallest absolute Gasteiger partial charge is 0.323 e. The molecule has 0 radical (unpaired) electrons. The third kappa shape index (κ3) is 2.08. The van der Waals surface area contributed by atoms with Gasteiger partial charge in [-0.1, -0.05) is 0 Å². The third-order valence-electron chi connectivity index (χ3n) is 2.96. The van der Waals surface area contributed by atoms with Gasteiger partial charge in [-0.3, -0.25) is 4.79 Å². The van der Waals surface area contributed by atoms with Gasteiger partial charge < -0.3 is 10.1 Å². The molecule has 3 nitrogen and oxygen atoms in total. The number of hydrogen-bond acceptors (Lipinski definition) is 3. The van der Waals surface area contributed by atoms with Crippen LogP contribution < -0.4 is 5.32 Å². The molecule has 3 atom stereocenters. The summed E-state index contributed by atoms with van der Waals surface area (Å²) in [7, 11) is 0. The Morgan fingerprint density at radius 1 is 1.60 bits per heavy atom. The number of alkyl halides is 2. The normalized spacial score (nSPS) is 36.1. The van der Waals surface area contributed by atoms with Crippen LogP contribution in [0.4, 0.5) is 8.78 Å². The number of esters is 1. The van der Waals surface area contributed by atoms with Crippen molar-refractivity contribution >= 4 is 18.4 Å². The van der Waals surface area contributed by atoms with Crippen LogP contribution in [0, 0.1) is 5.92 Å². The van der Waals surface area contributed by atoms with Crippen molar-refractivity contribution in [2.75, 3.05) is 6.61 Å². The first kappa shape index (κ1) is 12.6. The molecule has 6 heteroatoms. The summed E-state index contributed by atoms with van der Waals surface area (Å²) in [5, 5.41) is 2.88. The van der Waals surface area contributed by atoms with Crippen molar-refractivity contribution in [2.45, 2.75) is 37.8 Å². The first-order valence-corrected chi connectivity index (χ1v) is 4.85. The van der Waals surface area contributed by atoms with E-state index in [9.17, 15) is 13.6 Å². The molecule has 1 N–H and O–H groups in total. The molecule has 0 aromatic carbocycles. The summed E-state index contributed by atoms with van der Waals surface area (Å²) >= 11 is 0. The molecule has 2 aliphatic rings. The van der Waals surface area contributed by atoms with E-state index in [0.717, 1.165) is 0 Å². The van der Waals surface area contributed by atoms with E-state index in [0.29, 0.717) is 6.42 Å². The molecule has 0 aromatic heterocycles. The summed E-state index contributed by atoms with van der Waals surface area (Å²) in [5.74, 6) is -4.11. The molecular weight excluding hydrogens is 228 g/mol. The number of halogens is 3. The third-order valence-corrected chi connectivity index (χ3v) is 2.96. The van der Waals surface area contributed by atoms with Gasteiger partial charge in [0, 0.05) is 12.5 Å². The minimum atomic E-state index is -2.70. The Balaban J connectivity index is 0.00000112. The van der Waals surface area contributed by atoms with Crippen molar-refractivity contribution in [3.05, 3.63) is 0 Å². The van der Waals surface area contributed by atoms with Gasteiger partial charge in [-0.05, 0) is 13.3 Å². The second kappa shape index (κ2) is 4.22. The van der Waals surface area contributed by atoms with Crippen LogP contribution in [0.5, 0.6) is 0 Å². The highest BCUT2D eigenvalue weighted by Crippen LogP contribution is 2.47. The van der Waals surface area contributed by atoms with Gasteiger partial charge in [-0.2, -0.15) is 0 Å². The number of piperidine rings is 1. The van der Waals surface area contributed by atoms with E-state index < -0.39 is 23.9 Å². The van der Waals surface area contributed by atoms with Crippen molar-refractivity contribution < 1.29 is 18.3 Å². The topological polar surface area (TPSA) is 38.3 Å². The molecule has 15 heavy (non-hydrogen) atoms. The number of fused-ring (bicyclic) bond motifs is 2. The predicted molar refractivity (Wildman–Crippen MR) is 52.3 cm³/mol. The lowest BCUT2D eigenvalue weighted by Gasteiger charge is -2.28. The van der Waals surface area contributed by atoms with Gasteiger partial charge in [0.2, 0.25) is 0 Å². The SMILES string of the molecule is CCOC(=O)[C@H]1N[C@@H]2C[C@@H]1C(F)(F)C2.Cl. The molecule has 1 aliphatic carbocycles. The number of carbonyl (C=O) groups is 1. The van der Waals surface area contributed by atoms with E-state index in [2.05, 4.69) is 5.32 Å². The van der Waals surface area contributed by atoms with Crippen LogP contribution in [0.3, 0.4) is 0 Å². The molecule has 0 spiro atoms. The van der Waals surface area contributed by atoms with E-state index in [1.54, 1.807) is 6.92 Å². The van der Waals surface area contributed by atoms with Gasteiger partial charge in [0.05, 0.1) is 12.5 Å². The summed E-state index contributed by atoms with van der Waals surface area (Å²) in [6.07, 6.45) is 0.240. The summed E-state index contributed by atoms with van der Waals surface area (Å²) < 4.78 is 31.2. The number of carbonyl (C=O) groups excluding carboxylic acids is 1. The highest BCUT2D eigenvalue weighted by atomic mass is 35.5. The predicted octanol–water partition coefficient (Wildman–Crippen LogP) is 1.36. The molecule has 1 heterocycles. The number of ether oxygens (including phenoxy) is 1. The summed E-state index contributed by atoms with van der Waals surface area (Å²) in [6.45, 7) is 1.91. The molecule has 1 saturated carbocycles. The second-order valence-electron chi connectivity index (χ2n) is 3.90. The van der Waals surface area contributed by atoms with Gasteiger partial charge in [-0.15, -0.1) is 12.4 Å². The Labute approximate surface area is 93.0 Å². The minimum Gasteiger partial charge on any atom is -0.465 e. The largest absolute Gasteiger partial charge is 0.465 e. The Hall–Kier alpha value is -0.420. The zero-order chi connectivity index (χ0) is 10.3. The molecule has 1 saturated heterocycles. The average Bonchev–Trinajstić information content (AvgIpc) is 2.59. The lowest BCUT2D eigenvalue weighted by atomic mass is 9.96.